The Morgan fingerprint density at radius 2 is 1.78 bits per heavy atom. The number of rotatable bonds is 8. The zero-order chi connectivity index (χ0) is 26.0. The predicted octanol–water partition coefficient (Wildman–Crippen LogP) is 4.35. The fraction of sp³-hybridized carbons (Fsp3) is 0.440. The smallest absolute Gasteiger partial charge is 0.260 e. The molecule has 11 heteroatoms. The summed E-state index contributed by atoms with van der Waals surface area (Å²) in [4.78, 5) is 22.1. The lowest BCUT2D eigenvalue weighted by Crippen LogP contribution is -2.48. The van der Waals surface area contributed by atoms with E-state index in [4.69, 9.17) is 16.3 Å². The molecule has 4 rings (SSSR count). The Kier molecular flexibility index (Phi) is 8.33. The summed E-state index contributed by atoms with van der Waals surface area (Å²) in [6, 6.07) is 11.7. The van der Waals surface area contributed by atoms with Crippen molar-refractivity contribution in [2.24, 2.45) is 0 Å². The van der Waals surface area contributed by atoms with Crippen molar-refractivity contribution < 1.29 is 17.9 Å². The van der Waals surface area contributed by atoms with Crippen molar-refractivity contribution in [1.82, 2.24) is 14.2 Å². The van der Waals surface area contributed by atoms with E-state index >= 15 is 0 Å². The molecule has 1 amide bonds. The first-order valence-corrected chi connectivity index (χ1v) is 14.5. The second-order valence-electron chi connectivity index (χ2n) is 9.30. The number of amides is 1. The summed E-state index contributed by atoms with van der Waals surface area (Å²) in [7, 11) is 0.279. The summed E-state index contributed by atoms with van der Waals surface area (Å²) >= 11 is 7.73. The van der Waals surface area contributed by atoms with Gasteiger partial charge in [-0.15, -0.1) is 0 Å². The lowest BCUT2D eigenvalue weighted by molar-refractivity contribution is -0.0440. The molecule has 36 heavy (non-hydrogen) atoms. The zero-order valence-corrected chi connectivity index (χ0v) is 23.2. The Balaban J connectivity index is 1.60. The number of anilines is 1. The Hall–Kier alpha value is -2.08. The highest BCUT2D eigenvalue weighted by atomic mass is 35.5. The quantitative estimate of drug-likeness (QED) is 0.415. The number of ether oxygens (including phenoxy) is 1. The second-order valence-corrected chi connectivity index (χ2v) is 12.7. The van der Waals surface area contributed by atoms with Gasteiger partial charge in [-0.25, -0.2) is 13.4 Å². The van der Waals surface area contributed by atoms with E-state index in [1.807, 2.05) is 40.1 Å². The Bertz CT molecular complexity index is 1320. The number of thiazole rings is 1. The predicted molar refractivity (Wildman–Crippen MR) is 145 cm³/mol. The summed E-state index contributed by atoms with van der Waals surface area (Å²) in [5, 5.41) is 1.10. The molecule has 0 saturated carbocycles. The first-order valence-electron chi connectivity index (χ1n) is 11.8. The minimum Gasteiger partial charge on any atom is -0.373 e. The highest BCUT2D eigenvalue weighted by Gasteiger charge is 2.32. The maximum atomic E-state index is 13.6. The largest absolute Gasteiger partial charge is 0.373 e. The summed E-state index contributed by atoms with van der Waals surface area (Å²) in [6.45, 7) is 5.60. The summed E-state index contributed by atoms with van der Waals surface area (Å²) < 4.78 is 34.4. The van der Waals surface area contributed by atoms with Crippen LogP contribution in [0.15, 0.2) is 47.4 Å². The molecule has 1 aliphatic heterocycles. The van der Waals surface area contributed by atoms with Crippen molar-refractivity contribution in [3.05, 3.63) is 53.1 Å². The number of aromatic nitrogens is 1. The van der Waals surface area contributed by atoms with Gasteiger partial charge in [0, 0.05) is 25.2 Å². The third kappa shape index (κ3) is 5.90. The highest BCUT2D eigenvalue weighted by Crippen LogP contribution is 2.33. The van der Waals surface area contributed by atoms with Crippen LogP contribution in [0.25, 0.3) is 10.2 Å². The van der Waals surface area contributed by atoms with E-state index in [9.17, 15) is 13.2 Å². The fourth-order valence-electron chi connectivity index (χ4n) is 4.25. The Morgan fingerprint density at radius 3 is 2.39 bits per heavy atom. The number of benzene rings is 2. The number of hydrogen-bond donors (Lipinski definition) is 0. The third-order valence-corrected chi connectivity index (χ3v) is 9.14. The topological polar surface area (TPSA) is 83.1 Å². The highest BCUT2D eigenvalue weighted by molar-refractivity contribution is 7.89. The van der Waals surface area contributed by atoms with Crippen molar-refractivity contribution in [3.63, 3.8) is 0 Å². The Labute approximate surface area is 221 Å². The van der Waals surface area contributed by atoms with Crippen molar-refractivity contribution in [3.8, 4) is 0 Å². The monoisotopic (exact) mass is 550 g/mol. The SMILES string of the molecule is CC1CN(S(=O)(=O)c2ccc(C(=O)N(CCCN(C)C)c3nc4c(Cl)cccc4s3)cc2)CC(C)O1. The molecular formula is C25H31ClN4O4S2. The first kappa shape index (κ1) is 27.0. The van der Waals surface area contributed by atoms with Gasteiger partial charge in [0.25, 0.3) is 5.91 Å². The van der Waals surface area contributed by atoms with Crippen molar-refractivity contribution in [1.29, 1.82) is 0 Å². The van der Waals surface area contributed by atoms with Gasteiger partial charge < -0.3 is 9.64 Å². The van der Waals surface area contributed by atoms with E-state index in [-0.39, 0.29) is 23.0 Å². The van der Waals surface area contributed by atoms with Gasteiger partial charge in [0.1, 0.15) is 5.52 Å². The minimum absolute atomic E-state index is 0.159. The molecule has 0 bridgehead atoms. The van der Waals surface area contributed by atoms with E-state index in [0.717, 1.165) is 17.7 Å². The lowest BCUT2D eigenvalue weighted by atomic mass is 10.2. The zero-order valence-electron chi connectivity index (χ0n) is 20.8. The van der Waals surface area contributed by atoms with E-state index in [1.165, 1.54) is 27.8 Å². The van der Waals surface area contributed by atoms with Crippen LogP contribution in [0.1, 0.15) is 30.6 Å². The standard InChI is InChI=1S/C25H31ClN4O4S2/c1-17-15-29(16-18(2)34-17)36(32,33)20-11-9-19(10-12-20)24(31)30(14-6-13-28(3)4)25-27-23-21(26)7-5-8-22(23)35-25/h5,7-12,17-18H,6,13-16H2,1-4H3. The Morgan fingerprint density at radius 1 is 1.11 bits per heavy atom. The molecule has 0 aliphatic carbocycles. The molecule has 1 aliphatic rings. The van der Waals surface area contributed by atoms with Crippen LogP contribution in [-0.2, 0) is 14.8 Å². The molecular weight excluding hydrogens is 520 g/mol. The molecule has 1 fully saturated rings. The van der Waals surface area contributed by atoms with Crippen LogP contribution in [0.4, 0.5) is 5.13 Å². The summed E-state index contributed by atoms with van der Waals surface area (Å²) in [5.74, 6) is -0.235. The minimum atomic E-state index is -3.69. The lowest BCUT2D eigenvalue weighted by Gasteiger charge is -2.34. The van der Waals surface area contributed by atoms with Gasteiger partial charge >= 0.3 is 0 Å². The van der Waals surface area contributed by atoms with Gasteiger partial charge in [-0.2, -0.15) is 4.31 Å². The fourth-order valence-corrected chi connectivity index (χ4v) is 7.13. The van der Waals surface area contributed by atoms with E-state index < -0.39 is 10.0 Å². The molecule has 2 heterocycles. The molecule has 1 aromatic heterocycles. The van der Waals surface area contributed by atoms with Crippen LogP contribution in [0, 0.1) is 0 Å². The molecule has 2 unspecified atom stereocenters. The summed E-state index contributed by atoms with van der Waals surface area (Å²) in [6.07, 6.45) is 0.396. The molecule has 0 spiro atoms. The van der Waals surface area contributed by atoms with Gasteiger partial charge in [0.2, 0.25) is 10.0 Å². The summed E-state index contributed by atoms with van der Waals surface area (Å²) in [5.41, 5.74) is 1.06. The normalized spacial score (nSPS) is 19.2. The van der Waals surface area contributed by atoms with Gasteiger partial charge in [-0.1, -0.05) is 29.0 Å². The van der Waals surface area contributed by atoms with Crippen LogP contribution in [0.5, 0.6) is 0 Å². The van der Waals surface area contributed by atoms with E-state index in [0.29, 0.717) is 40.9 Å². The number of nitrogens with zero attached hydrogens (tertiary/aromatic N) is 4. The average Bonchev–Trinajstić information content (AvgIpc) is 3.26. The number of morpholine rings is 1. The number of hydrogen-bond acceptors (Lipinski definition) is 7. The van der Waals surface area contributed by atoms with Crippen LogP contribution < -0.4 is 4.90 Å². The molecule has 1 saturated heterocycles. The van der Waals surface area contributed by atoms with Gasteiger partial charge in [-0.3, -0.25) is 9.69 Å². The van der Waals surface area contributed by atoms with Crippen molar-refractivity contribution in [2.75, 3.05) is 45.2 Å². The molecule has 2 aromatic carbocycles. The molecule has 0 radical (unpaired) electrons. The van der Waals surface area contributed by atoms with E-state index in [1.54, 1.807) is 23.1 Å². The third-order valence-electron chi connectivity index (χ3n) is 5.95. The van der Waals surface area contributed by atoms with Crippen LogP contribution in [-0.4, -0.2) is 81.0 Å². The van der Waals surface area contributed by atoms with Crippen LogP contribution >= 0.6 is 22.9 Å². The van der Waals surface area contributed by atoms with Gasteiger partial charge in [0.05, 0.1) is 26.8 Å². The molecule has 0 N–H and O–H groups in total. The second kappa shape index (κ2) is 11.1. The number of carbonyl (C=O) groups excluding carboxylic acids is 1. The maximum absolute atomic E-state index is 13.6. The van der Waals surface area contributed by atoms with Crippen LogP contribution in [0.2, 0.25) is 5.02 Å². The molecule has 8 nitrogen and oxygen atoms in total. The molecule has 3 aromatic rings. The molecule has 2 atom stereocenters. The van der Waals surface area contributed by atoms with Gasteiger partial charge in [-0.05, 0) is 77.3 Å². The van der Waals surface area contributed by atoms with Crippen LogP contribution in [0.3, 0.4) is 0 Å². The first-order chi connectivity index (χ1) is 17.1. The average molecular weight is 551 g/mol. The van der Waals surface area contributed by atoms with E-state index in [2.05, 4.69) is 9.88 Å². The number of carbonyl (C=O) groups is 1. The number of fused-ring (bicyclic) bond motifs is 1. The number of halogens is 1. The van der Waals surface area contributed by atoms with Crippen molar-refractivity contribution >= 4 is 54.2 Å². The molecule has 194 valence electrons. The number of para-hydroxylation sites is 1. The number of sulfonamides is 1. The maximum Gasteiger partial charge on any atom is 0.260 e. The van der Waals surface area contributed by atoms with Gasteiger partial charge in [0.15, 0.2) is 5.13 Å². The van der Waals surface area contributed by atoms with Crippen molar-refractivity contribution in [2.45, 2.75) is 37.4 Å².